The fraction of sp³-hybridized carbons (Fsp3) is 0.882. The molecule has 0 saturated heterocycles. The fourth-order valence-corrected chi connectivity index (χ4v) is 2.42. The van der Waals surface area contributed by atoms with E-state index in [0.29, 0.717) is 12.8 Å². The van der Waals surface area contributed by atoms with E-state index in [9.17, 15) is 9.59 Å². The Morgan fingerprint density at radius 2 is 1.40 bits per heavy atom. The highest BCUT2D eigenvalue weighted by atomic mass is 16.2. The summed E-state index contributed by atoms with van der Waals surface area (Å²) < 4.78 is 0. The van der Waals surface area contributed by atoms with Gasteiger partial charge in [0, 0.05) is 25.8 Å². The Labute approximate surface area is 124 Å². The van der Waals surface area contributed by atoms with Gasteiger partial charge in [-0.1, -0.05) is 65.2 Å². The van der Waals surface area contributed by atoms with E-state index >= 15 is 0 Å². The number of rotatable bonds is 13. The molecule has 20 heavy (non-hydrogen) atoms. The Bertz CT molecular complexity index is 264. The van der Waals surface area contributed by atoms with Gasteiger partial charge in [-0.15, -0.1) is 0 Å². The second-order valence-electron chi connectivity index (χ2n) is 5.84. The molecule has 0 fully saturated rings. The largest absolute Gasteiger partial charge is 0.359 e. The maximum absolute atomic E-state index is 11.7. The number of nitrogens with one attached hydrogen (secondary N) is 1. The monoisotopic (exact) mass is 283 g/mol. The fourth-order valence-electron chi connectivity index (χ4n) is 2.42. The first-order valence-corrected chi connectivity index (χ1v) is 8.35. The van der Waals surface area contributed by atoms with Crippen molar-refractivity contribution >= 4 is 11.7 Å². The lowest BCUT2D eigenvalue weighted by atomic mass is 9.99. The summed E-state index contributed by atoms with van der Waals surface area (Å²) in [5, 5.41) is 2.58. The van der Waals surface area contributed by atoms with Crippen LogP contribution in [-0.4, -0.2) is 18.7 Å². The van der Waals surface area contributed by atoms with E-state index in [1.165, 1.54) is 44.9 Å². The van der Waals surface area contributed by atoms with Crippen LogP contribution >= 0.6 is 0 Å². The molecule has 0 aromatic rings. The van der Waals surface area contributed by atoms with Crippen molar-refractivity contribution in [2.24, 2.45) is 5.92 Å². The van der Waals surface area contributed by atoms with Crippen LogP contribution in [0, 0.1) is 5.92 Å². The summed E-state index contributed by atoms with van der Waals surface area (Å²) in [6.45, 7) is 4.05. The average Bonchev–Trinajstić information content (AvgIpc) is 2.44. The summed E-state index contributed by atoms with van der Waals surface area (Å²) in [7, 11) is 1.61. The molecule has 0 radical (unpaired) electrons. The molecule has 0 unspecified atom stereocenters. The lowest BCUT2D eigenvalue weighted by molar-refractivity contribution is -0.128. The van der Waals surface area contributed by atoms with Gasteiger partial charge in [-0.2, -0.15) is 0 Å². The second kappa shape index (κ2) is 13.1. The van der Waals surface area contributed by atoms with E-state index in [1.54, 1.807) is 7.05 Å². The van der Waals surface area contributed by atoms with E-state index < -0.39 is 0 Å². The highest BCUT2D eigenvalue weighted by molar-refractivity contribution is 5.86. The molecule has 0 spiro atoms. The van der Waals surface area contributed by atoms with Crippen molar-refractivity contribution in [3.63, 3.8) is 0 Å². The molecule has 0 aromatic heterocycles. The summed E-state index contributed by atoms with van der Waals surface area (Å²) in [4.78, 5) is 23.0. The first-order valence-electron chi connectivity index (χ1n) is 8.35. The smallest absolute Gasteiger partial charge is 0.223 e. The summed E-state index contributed by atoms with van der Waals surface area (Å²) in [6.07, 6.45) is 12.4. The number of carbonyl (C=O) groups is 2. The predicted molar refractivity (Wildman–Crippen MR) is 84.7 cm³/mol. The van der Waals surface area contributed by atoms with Crippen LogP contribution in [0.25, 0.3) is 0 Å². The van der Waals surface area contributed by atoms with Gasteiger partial charge < -0.3 is 5.32 Å². The maximum atomic E-state index is 11.7. The summed E-state index contributed by atoms with van der Waals surface area (Å²) in [5.41, 5.74) is 0. The van der Waals surface area contributed by atoms with Gasteiger partial charge >= 0.3 is 0 Å². The average molecular weight is 283 g/mol. The summed E-state index contributed by atoms with van der Waals surface area (Å²) >= 11 is 0. The predicted octanol–water partition coefficient (Wildman–Crippen LogP) is 4.25. The van der Waals surface area contributed by atoms with Crippen molar-refractivity contribution in [1.82, 2.24) is 5.32 Å². The van der Waals surface area contributed by atoms with Crippen molar-refractivity contribution in [3.8, 4) is 0 Å². The standard InChI is InChI=1S/C17H33NO2/c1-4-5-6-7-8-9-10-11-12-13-16(19)14-15(2)17(20)18-3/h15H,4-14H2,1-3H3,(H,18,20)/t15-/m1/s1. The van der Waals surface area contributed by atoms with Crippen LogP contribution < -0.4 is 5.32 Å². The molecule has 3 heteroatoms. The van der Waals surface area contributed by atoms with Gasteiger partial charge in [-0.05, 0) is 6.42 Å². The molecule has 0 aliphatic carbocycles. The highest BCUT2D eigenvalue weighted by Gasteiger charge is 2.14. The molecule has 0 rings (SSSR count). The van der Waals surface area contributed by atoms with Gasteiger partial charge in [0.15, 0.2) is 0 Å². The van der Waals surface area contributed by atoms with Gasteiger partial charge in [0.2, 0.25) is 5.91 Å². The van der Waals surface area contributed by atoms with E-state index in [1.807, 2.05) is 6.92 Å². The SMILES string of the molecule is CCCCCCCCCCCC(=O)C[C@@H](C)C(=O)NC. The van der Waals surface area contributed by atoms with Crippen LogP contribution in [0.1, 0.15) is 84.5 Å². The molecule has 0 heterocycles. The first kappa shape index (κ1) is 19.1. The zero-order valence-corrected chi connectivity index (χ0v) is 13.7. The van der Waals surface area contributed by atoms with Crippen LogP contribution in [0.15, 0.2) is 0 Å². The Kier molecular flexibility index (Phi) is 12.6. The molecule has 0 bridgehead atoms. The number of Topliss-reactive ketones (excluding diaryl/α,β-unsaturated/α-hetero) is 1. The van der Waals surface area contributed by atoms with E-state index in [-0.39, 0.29) is 17.6 Å². The molecule has 0 aliphatic heterocycles. The molecule has 1 N–H and O–H groups in total. The third-order valence-corrected chi connectivity index (χ3v) is 3.79. The van der Waals surface area contributed by atoms with Gasteiger partial charge in [0.1, 0.15) is 5.78 Å². The molecular formula is C17H33NO2. The highest BCUT2D eigenvalue weighted by Crippen LogP contribution is 2.12. The number of hydrogen-bond acceptors (Lipinski definition) is 2. The molecule has 1 atom stereocenters. The molecule has 1 amide bonds. The maximum Gasteiger partial charge on any atom is 0.223 e. The Morgan fingerprint density at radius 1 is 0.900 bits per heavy atom. The van der Waals surface area contributed by atoms with Crippen molar-refractivity contribution in [1.29, 1.82) is 0 Å². The molecule has 0 aromatic carbocycles. The third kappa shape index (κ3) is 11.0. The number of ketones is 1. The van der Waals surface area contributed by atoms with E-state index in [0.717, 1.165) is 12.8 Å². The van der Waals surface area contributed by atoms with E-state index in [2.05, 4.69) is 12.2 Å². The van der Waals surface area contributed by atoms with Crippen LogP contribution in [-0.2, 0) is 9.59 Å². The molecule has 118 valence electrons. The first-order chi connectivity index (χ1) is 9.61. The number of amides is 1. The molecule has 3 nitrogen and oxygen atoms in total. The van der Waals surface area contributed by atoms with Gasteiger partial charge in [0.05, 0.1) is 0 Å². The number of carbonyl (C=O) groups excluding carboxylic acids is 2. The van der Waals surface area contributed by atoms with Crippen molar-refractivity contribution in [3.05, 3.63) is 0 Å². The van der Waals surface area contributed by atoms with Gasteiger partial charge in [-0.25, -0.2) is 0 Å². The minimum Gasteiger partial charge on any atom is -0.359 e. The van der Waals surface area contributed by atoms with Crippen molar-refractivity contribution in [2.45, 2.75) is 84.5 Å². The Morgan fingerprint density at radius 3 is 1.90 bits per heavy atom. The number of hydrogen-bond donors (Lipinski definition) is 1. The Hall–Kier alpha value is -0.860. The zero-order chi connectivity index (χ0) is 15.2. The van der Waals surface area contributed by atoms with Gasteiger partial charge in [0.25, 0.3) is 0 Å². The normalized spacial score (nSPS) is 12.2. The topological polar surface area (TPSA) is 46.2 Å². The van der Waals surface area contributed by atoms with Gasteiger partial charge in [-0.3, -0.25) is 9.59 Å². The second-order valence-corrected chi connectivity index (χ2v) is 5.84. The molecular weight excluding hydrogens is 250 g/mol. The lowest BCUT2D eigenvalue weighted by Crippen LogP contribution is -2.27. The summed E-state index contributed by atoms with van der Waals surface area (Å²) in [6, 6.07) is 0. The van der Waals surface area contributed by atoms with Crippen LogP contribution in [0.5, 0.6) is 0 Å². The molecule has 0 saturated carbocycles. The third-order valence-electron chi connectivity index (χ3n) is 3.79. The quantitative estimate of drug-likeness (QED) is 0.514. The van der Waals surface area contributed by atoms with Crippen LogP contribution in [0.3, 0.4) is 0 Å². The van der Waals surface area contributed by atoms with Crippen LogP contribution in [0.4, 0.5) is 0 Å². The van der Waals surface area contributed by atoms with Crippen molar-refractivity contribution in [2.75, 3.05) is 7.05 Å². The molecule has 0 aliphatic rings. The Balaban J connectivity index is 3.37. The minimum atomic E-state index is -0.189. The lowest BCUT2D eigenvalue weighted by Gasteiger charge is -2.08. The minimum absolute atomic E-state index is 0.0366. The van der Waals surface area contributed by atoms with E-state index in [4.69, 9.17) is 0 Å². The zero-order valence-electron chi connectivity index (χ0n) is 13.7. The van der Waals surface area contributed by atoms with Crippen LogP contribution in [0.2, 0.25) is 0 Å². The number of unbranched alkanes of at least 4 members (excludes halogenated alkanes) is 8. The van der Waals surface area contributed by atoms with Crippen molar-refractivity contribution < 1.29 is 9.59 Å². The summed E-state index contributed by atoms with van der Waals surface area (Å²) in [5.74, 6) is 0.000501.